The molecule has 1 fully saturated rings. The molecule has 1 aromatic rings. The monoisotopic (exact) mass is 182 g/mol. The van der Waals surface area contributed by atoms with Crippen LogP contribution in [-0.4, -0.2) is 58.2 Å². The van der Waals surface area contributed by atoms with Crippen LogP contribution >= 0.6 is 0 Å². The van der Waals surface area contributed by atoms with Gasteiger partial charge in [-0.2, -0.15) is 5.21 Å². The molecule has 0 aliphatic carbocycles. The molecule has 0 amide bonds. The average Bonchev–Trinajstić information content (AvgIpc) is 2.69. The van der Waals surface area contributed by atoms with Crippen LogP contribution in [0, 0.1) is 0 Å². The number of aromatic nitrogens is 4. The second-order valence-corrected chi connectivity index (χ2v) is 3.17. The van der Waals surface area contributed by atoms with Gasteiger partial charge in [-0.15, -0.1) is 10.2 Å². The maximum Gasteiger partial charge on any atom is 0.175 e. The molecule has 2 heterocycles. The van der Waals surface area contributed by atoms with Crippen molar-refractivity contribution >= 4 is 0 Å². The van der Waals surface area contributed by atoms with Gasteiger partial charge in [0.05, 0.1) is 0 Å². The molecule has 0 saturated carbocycles. The fourth-order valence-corrected chi connectivity index (χ4v) is 1.48. The summed E-state index contributed by atoms with van der Waals surface area (Å²) in [6.45, 7) is 5.45. The summed E-state index contributed by atoms with van der Waals surface area (Å²) in [6, 6.07) is 0. The summed E-state index contributed by atoms with van der Waals surface area (Å²) in [5.41, 5.74) is 0. The van der Waals surface area contributed by atoms with Crippen LogP contribution in [0.4, 0.5) is 0 Å². The Morgan fingerprint density at radius 3 is 2.85 bits per heavy atom. The van der Waals surface area contributed by atoms with E-state index in [1.165, 1.54) is 0 Å². The predicted molar refractivity (Wildman–Crippen MR) is 47.2 cm³/mol. The molecule has 0 atom stereocenters. The molecular formula is C7H14N6. The van der Waals surface area contributed by atoms with E-state index < -0.39 is 0 Å². The van der Waals surface area contributed by atoms with E-state index in [-0.39, 0.29) is 0 Å². The van der Waals surface area contributed by atoms with Crippen molar-refractivity contribution in [3.63, 3.8) is 0 Å². The molecule has 1 aliphatic rings. The third-order valence-electron chi connectivity index (χ3n) is 2.25. The van der Waals surface area contributed by atoms with Crippen LogP contribution in [0.3, 0.4) is 0 Å². The summed E-state index contributed by atoms with van der Waals surface area (Å²) in [4.78, 5) is 2.41. The summed E-state index contributed by atoms with van der Waals surface area (Å²) in [5, 5.41) is 17.1. The van der Waals surface area contributed by atoms with Gasteiger partial charge in [-0.05, 0) is 0 Å². The standard InChI is InChI=1S/C7H14N6/c1(7-9-11-12-10-7)4-13-5-2-8-3-6-13/h8H,1-6H2,(H,9,10,11,12). The molecule has 0 bridgehead atoms. The molecule has 0 radical (unpaired) electrons. The van der Waals surface area contributed by atoms with Crippen molar-refractivity contribution in [1.82, 2.24) is 30.8 Å². The maximum absolute atomic E-state index is 3.91. The van der Waals surface area contributed by atoms with Crippen molar-refractivity contribution in [3.05, 3.63) is 5.82 Å². The molecule has 72 valence electrons. The molecule has 0 spiro atoms. The van der Waals surface area contributed by atoms with Gasteiger partial charge >= 0.3 is 0 Å². The Hall–Kier alpha value is -1.01. The van der Waals surface area contributed by atoms with E-state index in [1.54, 1.807) is 0 Å². The van der Waals surface area contributed by atoms with Crippen molar-refractivity contribution < 1.29 is 0 Å². The lowest BCUT2D eigenvalue weighted by molar-refractivity contribution is 0.242. The lowest BCUT2D eigenvalue weighted by Gasteiger charge is -2.26. The van der Waals surface area contributed by atoms with Gasteiger partial charge in [0.25, 0.3) is 0 Å². The first-order valence-electron chi connectivity index (χ1n) is 4.60. The van der Waals surface area contributed by atoms with Crippen molar-refractivity contribution in [2.45, 2.75) is 6.42 Å². The molecule has 6 nitrogen and oxygen atoms in total. The van der Waals surface area contributed by atoms with Gasteiger partial charge in [-0.25, -0.2) is 0 Å². The number of piperazine rings is 1. The Bertz CT molecular complexity index is 227. The number of nitrogens with zero attached hydrogens (tertiary/aromatic N) is 4. The van der Waals surface area contributed by atoms with Crippen LogP contribution in [-0.2, 0) is 6.42 Å². The van der Waals surface area contributed by atoms with E-state index in [2.05, 4.69) is 30.8 Å². The second-order valence-electron chi connectivity index (χ2n) is 3.17. The van der Waals surface area contributed by atoms with E-state index in [0.29, 0.717) is 0 Å². The van der Waals surface area contributed by atoms with Crippen LogP contribution in [0.2, 0.25) is 0 Å². The van der Waals surface area contributed by atoms with Crippen LogP contribution in [0.25, 0.3) is 0 Å². The van der Waals surface area contributed by atoms with Crippen LogP contribution in [0.1, 0.15) is 5.82 Å². The van der Waals surface area contributed by atoms with Gasteiger partial charge in [-0.1, -0.05) is 5.21 Å². The molecule has 13 heavy (non-hydrogen) atoms. The number of aromatic amines is 1. The first-order valence-corrected chi connectivity index (χ1v) is 4.60. The van der Waals surface area contributed by atoms with Crippen LogP contribution < -0.4 is 5.32 Å². The molecule has 6 heteroatoms. The third-order valence-corrected chi connectivity index (χ3v) is 2.25. The quantitative estimate of drug-likeness (QED) is 0.604. The molecule has 1 aliphatic heterocycles. The molecular weight excluding hydrogens is 168 g/mol. The zero-order chi connectivity index (χ0) is 8.93. The highest BCUT2D eigenvalue weighted by atomic mass is 15.5. The highest BCUT2D eigenvalue weighted by Gasteiger charge is 2.09. The summed E-state index contributed by atoms with van der Waals surface area (Å²) in [5.74, 6) is 0.804. The van der Waals surface area contributed by atoms with Crippen molar-refractivity contribution in [2.24, 2.45) is 0 Å². The number of nitrogens with one attached hydrogen (secondary N) is 2. The van der Waals surface area contributed by atoms with Gasteiger partial charge in [0, 0.05) is 39.1 Å². The SMILES string of the molecule is C1CN(CCc2nn[nH]n2)CCN1. The van der Waals surface area contributed by atoms with Gasteiger partial charge in [-0.3, -0.25) is 0 Å². The predicted octanol–water partition coefficient (Wildman–Crippen LogP) is -1.35. The molecule has 0 unspecified atom stereocenters. The highest BCUT2D eigenvalue weighted by Crippen LogP contribution is 1.94. The lowest BCUT2D eigenvalue weighted by atomic mass is 10.3. The van der Waals surface area contributed by atoms with Gasteiger partial charge in [0.2, 0.25) is 0 Å². The van der Waals surface area contributed by atoms with E-state index in [0.717, 1.165) is 45.0 Å². The summed E-state index contributed by atoms with van der Waals surface area (Å²) < 4.78 is 0. The smallest absolute Gasteiger partial charge is 0.175 e. The number of tetrazole rings is 1. The zero-order valence-corrected chi connectivity index (χ0v) is 7.53. The zero-order valence-electron chi connectivity index (χ0n) is 7.53. The van der Waals surface area contributed by atoms with Gasteiger partial charge in [0.15, 0.2) is 5.82 Å². The van der Waals surface area contributed by atoms with Crippen molar-refractivity contribution in [2.75, 3.05) is 32.7 Å². The minimum atomic E-state index is 0.804. The van der Waals surface area contributed by atoms with Crippen LogP contribution in [0.5, 0.6) is 0 Å². The normalized spacial score (nSPS) is 19.1. The second kappa shape index (κ2) is 4.29. The summed E-state index contributed by atoms with van der Waals surface area (Å²) in [6.07, 6.45) is 0.885. The third kappa shape index (κ3) is 2.46. The summed E-state index contributed by atoms with van der Waals surface area (Å²) >= 11 is 0. The maximum atomic E-state index is 3.91. The Balaban J connectivity index is 1.72. The highest BCUT2D eigenvalue weighted by molar-refractivity contribution is 4.79. The van der Waals surface area contributed by atoms with Gasteiger partial charge < -0.3 is 10.2 Å². The summed E-state index contributed by atoms with van der Waals surface area (Å²) in [7, 11) is 0. The largest absolute Gasteiger partial charge is 0.314 e. The number of hydrogen-bond acceptors (Lipinski definition) is 5. The fraction of sp³-hybridized carbons (Fsp3) is 0.857. The van der Waals surface area contributed by atoms with E-state index in [9.17, 15) is 0 Å². The minimum Gasteiger partial charge on any atom is -0.314 e. The molecule has 0 aromatic carbocycles. The van der Waals surface area contributed by atoms with E-state index in [4.69, 9.17) is 0 Å². The first kappa shape index (κ1) is 8.58. The Morgan fingerprint density at radius 2 is 2.15 bits per heavy atom. The molecule has 1 saturated heterocycles. The Labute approximate surface area is 76.7 Å². The minimum absolute atomic E-state index is 0.804. The lowest BCUT2D eigenvalue weighted by Crippen LogP contribution is -2.44. The molecule has 2 rings (SSSR count). The molecule has 2 N–H and O–H groups in total. The topological polar surface area (TPSA) is 69.7 Å². The Kier molecular flexibility index (Phi) is 2.83. The van der Waals surface area contributed by atoms with Gasteiger partial charge in [0.1, 0.15) is 0 Å². The fourth-order valence-electron chi connectivity index (χ4n) is 1.48. The van der Waals surface area contributed by atoms with Crippen molar-refractivity contribution in [3.8, 4) is 0 Å². The average molecular weight is 182 g/mol. The molecule has 1 aromatic heterocycles. The Morgan fingerprint density at radius 1 is 1.31 bits per heavy atom. The first-order chi connectivity index (χ1) is 6.45. The van der Waals surface area contributed by atoms with E-state index >= 15 is 0 Å². The van der Waals surface area contributed by atoms with Crippen LogP contribution in [0.15, 0.2) is 0 Å². The van der Waals surface area contributed by atoms with Crippen molar-refractivity contribution in [1.29, 1.82) is 0 Å². The van der Waals surface area contributed by atoms with E-state index in [1.807, 2.05) is 0 Å². The number of hydrogen-bond donors (Lipinski definition) is 2. The number of rotatable bonds is 3. The number of H-pyrrole nitrogens is 1.